The van der Waals surface area contributed by atoms with Crippen molar-refractivity contribution in [2.45, 2.75) is 38.5 Å². The highest BCUT2D eigenvalue weighted by Crippen LogP contribution is 2.31. The number of piperidine rings is 1. The van der Waals surface area contributed by atoms with E-state index in [0.717, 1.165) is 6.42 Å². The summed E-state index contributed by atoms with van der Waals surface area (Å²) in [7, 11) is -3.80. The molecule has 2 fully saturated rings. The Labute approximate surface area is 190 Å². The van der Waals surface area contributed by atoms with E-state index in [1.165, 1.54) is 10.4 Å². The van der Waals surface area contributed by atoms with E-state index < -0.39 is 10.0 Å². The molecule has 0 bridgehead atoms. The predicted molar refractivity (Wildman–Crippen MR) is 120 cm³/mol. The topological polar surface area (TPSA) is 105 Å². The minimum absolute atomic E-state index is 0.0271. The third kappa shape index (κ3) is 5.60. The zero-order valence-electron chi connectivity index (χ0n) is 19.0. The second-order valence-electron chi connectivity index (χ2n) is 8.38. The van der Waals surface area contributed by atoms with Crippen molar-refractivity contribution in [3.05, 3.63) is 18.2 Å². The molecular formula is C22H33N3O6S. The van der Waals surface area contributed by atoms with E-state index in [1.54, 1.807) is 24.0 Å². The Morgan fingerprint density at radius 3 is 2.59 bits per heavy atom. The standard InChI is InChI=1S/C22H33N3O6S/c1-4-31-19-8-7-18(14-20(19)32(28,29)25-10-12-30-13-11-25)23-21(26)17-6-5-9-24(15-17)22(27)16(2)3/h7-8,14,16-17H,4-6,9-13,15H2,1-3H3,(H,23,26)/t17-/m1/s1. The van der Waals surface area contributed by atoms with E-state index in [9.17, 15) is 18.0 Å². The van der Waals surface area contributed by atoms with Crippen LogP contribution in [0.3, 0.4) is 0 Å². The molecule has 2 heterocycles. The van der Waals surface area contributed by atoms with Crippen LogP contribution in [0.5, 0.6) is 5.75 Å². The van der Waals surface area contributed by atoms with Crippen molar-refractivity contribution in [3.63, 3.8) is 0 Å². The Kier molecular flexibility index (Phi) is 8.13. The third-order valence-corrected chi connectivity index (χ3v) is 7.62. The molecule has 0 unspecified atom stereocenters. The average molecular weight is 468 g/mol. The Morgan fingerprint density at radius 1 is 1.22 bits per heavy atom. The molecule has 1 atom stereocenters. The Morgan fingerprint density at radius 2 is 1.94 bits per heavy atom. The summed E-state index contributed by atoms with van der Waals surface area (Å²) in [6.07, 6.45) is 1.44. The normalized spacial score (nSPS) is 20.2. The number of likely N-dealkylation sites (tertiary alicyclic amines) is 1. The van der Waals surface area contributed by atoms with Crippen LogP contribution >= 0.6 is 0 Å². The number of morpholine rings is 1. The molecule has 9 nitrogen and oxygen atoms in total. The maximum atomic E-state index is 13.2. The van der Waals surface area contributed by atoms with Crippen molar-refractivity contribution in [2.75, 3.05) is 51.3 Å². The minimum atomic E-state index is -3.80. The first-order valence-electron chi connectivity index (χ1n) is 11.2. The summed E-state index contributed by atoms with van der Waals surface area (Å²) >= 11 is 0. The van der Waals surface area contributed by atoms with E-state index in [1.807, 2.05) is 13.8 Å². The van der Waals surface area contributed by atoms with Gasteiger partial charge in [0.05, 0.1) is 25.7 Å². The van der Waals surface area contributed by atoms with Gasteiger partial charge in [-0.25, -0.2) is 8.42 Å². The molecule has 178 valence electrons. The fourth-order valence-corrected chi connectivity index (χ4v) is 5.55. The molecule has 2 aliphatic heterocycles. The van der Waals surface area contributed by atoms with E-state index in [-0.39, 0.29) is 47.4 Å². The molecule has 1 aromatic rings. The van der Waals surface area contributed by atoms with E-state index in [2.05, 4.69) is 5.32 Å². The molecule has 0 spiro atoms. The molecule has 0 aliphatic carbocycles. The molecule has 10 heteroatoms. The van der Waals surface area contributed by atoms with Gasteiger partial charge >= 0.3 is 0 Å². The lowest BCUT2D eigenvalue weighted by Gasteiger charge is -2.33. The highest BCUT2D eigenvalue weighted by molar-refractivity contribution is 7.89. The maximum Gasteiger partial charge on any atom is 0.246 e. The Bertz CT molecular complexity index is 928. The fraction of sp³-hybridized carbons (Fsp3) is 0.636. The van der Waals surface area contributed by atoms with Crippen LogP contribution in [0.4, 0.5) is 5.69 Å². The largest absolute Gasteiger partial charge is 0.492 e. The van der Waals surface area contributed by atoms with Gasteiger partial charge in [-0.15, -0.1) is 0 Å². The van der Waals surface area contributed by atoms with Crippen molar-refractivity contribution < 1.29 is 27.5 Å². The summed E-state index contributed by atoms with van der Waals surface area (Å²) in [6.45, 7) is 8.06. The van der Waals surface area contributed by atoms with Crippen LogP contribution in [0.2, 0.25) is 0 Å². The number of hydrogen-bond donors (Lipinski definition) is 1. The van der Waals surface area contributed by atoms with Gasteiger partial charge in [0, 0.05) is 37.8 Å². The number of ether oxygens (including phenoxy) is 2. The molecule has 1 aromatic carbocycles. The molecule has 2 aliphatic rings. The number of anilines is 1. The number of nitrogens with zero attached hydrogens (tertiary/aromatic N) is 2. The monoisotopic (exact) mass is 467 g/mol. The SMILES string of the molecule is CCOc1ccc(NC(=O)[C@@H]2CCCN(C(=O)C(C)C)C2)cc1S(=O)(=O)N1CCOCC1. The van der Waals surface area contributed by atoms with Crippen molar-refractivity contribution >= 4 is 27.5 Å². The third-order valence-electron chi connectivity index (χ3n) is 5.70. The van der Waals surface area contributed by atoms with Gasteiger partial charge in [0.25, 0.3) is 0 Å². The van der Waals surface area contributed by atoms with E-state index >= 15 is 0 Å². The first-order chi connectivity index (χ1) is 15.2. The summed E-state index contributed by atoms with van der Waals surface area (Å²) in [5.74, 6) is -0.371. The molecule has 32 heavy (non-hydrogen) atoms. The molecule has 1 N–H and O–H groups in total. The van der Waals surface area contributed by atoms with Crippen molar-refractivity contribution in [1.29, 1.82) is 0 Å². The van der Waals surface area contributed by atoms with Crippen LogP contribution in [0, 0.1) is 11.8 Å². The Hall–Kier alpha value is -2.17. The van der Waals surface area contributed by atoms with Gasteiger partial charge in [-0.2, -0.15) is 4.31 Å². The summed E-state index contributed by atoms with van der Waals surface area (Å²) < 4.78 is 38.7. The predicted octanol–water partition coefficient (Wildman–Crippen LogP) is 1.94. The lowest BCUT2D eigenvalue weighted by Crippen LogP contribution is -2.45. The first-order valence-corrected chi connectivity index (χ1v) is 12.6. The Balaban J connectivity index is 1.79. The molecular weight excluding hydrogens is 434 g/mol. The van der Waals surface area contributed by atoms with Crippen LogP contribution in [-0.4, -0.2) is 75.4 Å². The molecule has 2 amide bonds. The quantitative estimate of drug-likeness (QED) is 0.657. The number of rotatable bonds is 7. The van der Waals surface area contributed by atoms with Crippen molar-refractivity contribution in [3.8, 4) is 5.75 Å². The number of carbonyl (C=O) groups is 2. The second kappa shape index (κ2) is 10.6. The lowest BCUT2D eigenvalue weighted by molar-refractivity contribution is -0.137. The zero-order valence-corrected chi connectivity index (χ0v) is 19.8. The molecule has 2 saturated heterocycles. The van der Waals surface area contributed by atoms with E-state index in [0.29, 0.717) is 45.0 Å². The van der Waals surface area contributed by atoms with Gasteiger partial charge in [-0.05, 0) is 38.0 Å². The lowest BCUT2D eigenvalue weighted by atomic mass is 9.96. The van der Waals surface area contributed by atoms with Gasteiger partial charge < -0.3 is 19.7 Å². The summed E-state index contributed by atoms with van der Waals surface area (Å²) in [6, 6.07) is 4.66. The molecule has 0 saturated carbocycles. The molecule has 0 aromatic heterocycles. The number of nitrogens with one attached hydrogen (secondary N) is 1. The smallest absolute Gasteiger partial charge is 0.246 e. The van der Waals surface area contributed by atoms with Crippen LogP contribution in [0.1, 0.15) is 33.6 Å². The van der Waals surface area contributed by atoms with Crippen molar-refractivity contribution in [1.82, 2.24) is 9.21 Å². The number of benzene rings is 1. The van der Waals surface area contributed by atoms with Crippen LogP contribution in [-0.2, 0) is 24.3 Å². The number of sulfonamides is 1. The van der Waals surface area contributed by atoms with Gasteiger partial charge in [0.15, 0.2) is 0 Å². The fourth-order valence-electron chi connectivity index (χ4n) is 3.99. The van der Waals surface area contributed by atoms with Gasteiger partial charge in [0.1, 0.15) is 10.6 Å². The van der Waals surface area contributed by atoms with Crippen LogP contribution in [0.15, 0.2) is 23.1 Å². The van der Waals surface area contributed by atoms with Gasteiger partial charge in [-0.1, -0.05) is 13.8 Å². The summed E-state index contributed by atoms with van der Waals surface area (Å²) in [4.78, 5) is 27.0. The van der Waals surface area contributed by atoms with Crippen LogP contribution < -0.4 is 10.1 Å². The second-order valence-corrected chi connectivity index (χ2v) is 10.3. The van der Waals surface area contributed by atoms with Crippen molar-refractivity contribution in [2.24, 2.45) is 11.8 Å². The van der Waals surface area contributed by atoms with Crippen LogP contribution in [0.25, 0.3) is 0 Å². The highest BCUT2D eigenvalue weighted by atomic mass is 32.2. The number of hydrogen-bond acceptors (Lipinski definition) is 6. The van der Waals surface area contributed by atoms with Gasteiger partial charge in [-0.3, -0.25) is 9.59 Å². The summed E-state index contributed by atoms with van der Waals surface area (Å²) in [5.41, 5.74) is 0.387. The molecule has 3 rings (SSSR count). The maximum absolute atomic E-state index is 13.2. The summed E-state index contributed by atoms with van der Waals surface area (Å²) in [5, 5.41) is 2.84. The first kappa shape index (κ1) is 24.5. The zero-order chi connectivity index (χ0) is 23.3. The average Bonchev–Trinajstić information content (AvgIpc) is 2.80. The number of amides is 2. The highest BCUT2D eigenvalue weighted by Gasteiger charge is 2.32. The number of carbonyl (C=O) groups excluding carboxylic acids is 2. The molecule has 0 radical (unpaired) electrons. The minimum Gasteiger partial charge on any atom is -0.492 e. The van der Waals surface area contributed by atoms with E-state index in [4.69, 9.17) is 9.47 Å². The van der Waals surface area contributed by atoms with Gasteiger partial charge in [0.2, 0.25) is 21.8 Å².